The number of amides is 1. The summed E-state index contributed by atoms with van der Waals surface area (Å²) in [5.74, 6) is -1.44. The summed E-state index contributed by atoms with van der Waals surface area (Å²) in [7, 11) is 0. The van der Waals surface area contributed by atoms with Gasteiger partial charge in [-0.25, -0.2) is 8.78 Å². The quantitative estimate of drug-likeness (QED) is 0.558. The van der Waals surface area contributed by atoms with Crippen molar-refractivity contribution >= 4 is 23.0 Å². The van der Waals surface area contributed by atoms with Gasteiger partial charge < -0.3 is 16.5 Å². The summed E-state index contributed by atoms with van der Waals surface area (Å²) in [6.45, 7) is 0. The number of thiophene rings is 1. The molecule has 1 heterocycles. The van der Waals surface area contributed by atoms with Crippen LogP contribution in [0.25, 0.3) is 0 Å². The van der Waals surface area contributed by atoms with Crippen LogP contribution >= 0.6 is 11.3 Å². The van der Waals surface area contributed by atoms with Crippen molar-refractivity contribution in [1.29, 1.82) is 5.41 Å². The van der Waals surface area contributed by atoms with Crippen LogP contribution in [0.4, 0.5) is 8.78 Å². The minimum absolute atomic E-state index is 0.147. The lowest BCUT2D eigenvalue weighted by Crippen LogP contribution is -2.40. The smallest absolute Gasteiger partial charge is 0.252 e. The van der Waals surface area contributed by atoms with Gasteiger partial charge in [0.1, 0.15) is 0 Å². The lowest BCUT2D eigenvalue weighted by atomic mass is 9.82. The number of carbonyl (C=O) groups excluding carboxylic acids is 1. The van der Waals surface area contributed by atoms with Crippen LogP contribution in [-0.2, 0) is 0 Å². The van der Waals surface area contributed by atoms with Crippen molar-refractivity contribution in [3.63, 3.8) is 0 Å². The molecule has 0 radical (unpaired) electrons. The molecule has 1 amide bonds. The summed E-state index contributed by atoms with van der Waals surface area (Å²) in [5, 5.41) is 13.3. The van der Waals surface area contributed by atoms with E-state index < -0.39 is 5.92 Å². The lowest BCUT2D eigenvalue weighted by Gasteiger charge is -2.28. The molecule has 3 aliphatic rings. The molecular weight excluding hydrogens is 392 g/mol. The van der Waals surface area contributed by atoms with Crippen molar-refractivity contribution in [3.05, 3.63) is 21.9 Å². The van der Waals surface area contributed by atoms with Crippen molar-refractivity contribution in [3.8, 4) is 0 Å². The molecule has 0 bridgehead atoms. The summed E-state index contributed by atoms with van der Waals surface area (Å²) < 4.78 is 26.5. The van der Waals surface area contributed by atoms with E-state index in [0.29, 0.717) is 42.2 Å². The molecule has 0 aliphatic heterocycles. The Bertz CT molecular complexity index is 747. The third-order valence-electron chi connectivity index (χ3n) is 6.94. The number of nitrogens with two attached hydrogens (primary N) is 1. The van der Waals surface area contributed by atoms with Crippen LogP contribution < -0.4 is 11.1 Å². The van der Waals surface area contributed by atoms with Gasteiger partial charge in [-0.05, 0) is 63.4 Å². The molecule has 29 heavy (non-hydrogen) atoms. The molecule has 160 valence electrons. The fourth-order valence-corrected chi connectivity index (χ4v) is 5.94. The topological polar surface area (TPSA) is 79.0 Å². The van der Waals surface area contributed by atoms with E-state index in [1.54, 1.807) is 11.3 Å². The van der Waals surface area contributed by atoms with Crippen LogP contribution in [0.1, 0.15) is 85.4 Å². The molecule has 2 unspecified atom stereocenters. The number of halogens is 2. The Balaban J connectivity index is 1.25. The van der Waals surface area contributed by atoms with Crippen LogP contribution in [0.2, 0.25) is 0 Å². The Morgan fingerprint density at radius 3 is 2.59 bits per heavy atom. The van der Waals surface area contributed by atoms with Gasteiger partial charge in [-0.1, -0.05) is 0 Å². The average molecular weight is 424 g/mol. The molecule has 3 aliphatic carbocycles. The van der Waals surface area contributed by atoms with Gasteiger partial charge in [0.05, 0.1) is 5.56 Å². The highest BCUT2D eigenvalue weighted by Crippen LogP contribution is 2.51. The van der Waals surface area contributed by atoms with E-state index in [-0.39, 0.29) is 24.8 Å². The van der Waals surface area contributed by atoms with Crippen molar-refractivity contribution in [2.24, 2.45) is 17.6 Å². The van der Waals surface area contributed by atoms with Crippen LogP contribution in [-0.4, -0.2) is 29.6 Å². The van der Waals surface area contributed by atoms with E-state index in [1.807, 2.05) is 11.4 Å². The summed E-state index contributed by atoms with van der Waals surface area (Å²) >= 11 is 1.58. The zero-order chi connectivity index (χ0) is 20.6. The van der Waals surface area contributed by atoms with E-state index in [9.17, 15) is 13.6 Å². The number of hydrogen-bond donors (Lipinski definition) is 3. The highest BCUT2D eigenvalue weighted by molar-refractivity contribution is 7.10. The van der Waals surface area contributed by atoms with Crippen LogP contribution in [0.3, 0.4) is 0 Å². The third-order valence-corrected chi connectivity index (χ3v) is 8.00. The van der Waals surface area contributed by atoms with Crippen molar-refractivity contribution in [2.75, 3.05) is 0 Å². The molecule has 1 aromatic rings. The standard InChI is InChI=1S/C22H31F2N3OS/c23-22(24)7-5-16(6-8-22)27-21(28)14-10-20(29-12-14)18-11-17(18)19(26)9-13-1-3-15(25)4-2-13/h10,12-13,15-18,26H,1-9,11,25H2,(H,27,28). The molecule has 3 fully saturated rings. The van der Waals surface area contributed by atoms with E-state index in [2.05, 4.69) is 5.32 Å². The Labute approximate surface area is 175 Å². The number of carbonyl (C=O) groups is 1. The minimum Gasteiger partial charge on any atom is -0.349 e. The number of alkyl halides is 2. The van der Waals surface area contributed by atoms with E-state index in [4.69, 9.17) is 11.1 Å². The van der Waals surface area contributed by atoms with Gasteiger partial charge in [0.25, 0.3) is 5.91 Å². The third kappa shape index (κ3) is 5.23. The molecule has 4 N–H and O–H groups in total. The Morgan fingerprint density at radius 2 is 1.90 bits per heavy atom. The Kier molecular flexibility index (Phi) is 6.07. The maximum atomic E-state index is 13.3. The highest BCUT2D eigenvalue weighted by Gasteiger charge is 2.43. The first-order valence-corrected chi connectivity index (χ1v) is 11.8. The summed E-state index contributed by atoms with van der Waals surface area (Å²) in [5.41, 5.74) is 7.46. The van der Waals surface area contributed by atoms with Crippen molar-refractivity contribution in [2.45, 2.75) is 88.1 Å². The number of rotatable bonds is 6. The normalized spacial score (nSPS) is 32.0. The molecular formula is C22H31F2N3OS. The first-order chi connectivity index (χ1) is 13.8. The van der Waals surface area contributed by atoms with Crippen molar-refractivity contribution in [1.82, 2.24) is 5.32 Å². The van der Waals surface area contributed by atoms with Crippen molar-refractivity contribution < 1.29 is 13.6 Å². The predicted octanol–water partition coefficient (Wildman–Crippen LogP) is 5.09. The van der Waals surface area contributed by atoms with E-state index >= 15 is 0 Å². The largest absolute Gasteiger partial charge is 0.349 e. The van der Waals surface area contributed by atoms with Gasteiger partial charge >= 0.3 is 0 Å². The van der Waals surface area contributed by atoms with Crippen LogP contribution in [0, 0.1) is 17.2 Å². The molecule has 4 rings (SSSR count). The fourth-order valence-electron chi connectivity index (χ4n) is 4.87. The van der Waals surface area contributed by atoms with Gasteiger partial charge in [0, 0.05) is 52.7 Å². The lowest BCUT2D eigenvalue weighted by molar-refractivity contribution is -0.0399. The summed E-state index contributed by atoms with van der Waals surface area (Å²) in [6, 6.07) is 2.13. The SMILES string of the molecule is N=C(CC1CCC(N)CC1)C1CC1c1cc(C(=O)NC2CCC(F)(F)CC2)cs1. The zero-order valence-electron chi connectivity index (χ0n) is 16.8. The van der Waals surface area contributed by atoms with Gasteiger partial charge in [0.2, 0.25) is 5.92 Å². The molecule has 4 nitrogen and oxygen atoms in total. The zero-order valence-corrected chi connectivity index (χ0v) is 17.6. The maximum Gasteiger partial charge on any atom is 0.252 e. The average Bonchev–Trinajstić information content (AvgIpc) is 3.34. The molecule has 0 spiro atoms. The second-order valence-electron chi connectivity index (χ2n) is 9.30. The van der Waals surface area contributed by atoms with Crippen LogP contribution in [0.15, 0.2) is 11.4 Å². The second-order valence-corrected chi connectivity index (χ2v) is 10.2. The maximum absolute atomic E-state index is 13.3. The molecule has 2 atom stereocenters. The van der Waals surface area contributed by atoms with Gasteiger partial charge in [-0.3, -0.25) is 4.79 Å². The molecule has 7 heteroatoms. The highest BCUT2D eigenvalue weighted by atomic mass is 32.1. The van der Waals surface area contributed by atoms with E-state index in [0.717, 1.165) is 44.2 Å². The molecule has 1 aromatic heterocycles. The molecule has 0 saturated heterocycles. The number of hydrogen-bond acceptors (Lipinski definition) is 4. The monoisotopic (exact) mass is 423 g/mol. The Hall–Kier alpha value is -1.34. The van der Waals surface area contributed by atoms with Crippen LogP contribution in [0.5, 0.6) is 0 Å². The van der Waals surface area contributed by atoms with Gasteiger partial charge in [0.15, 0.2) is 0 Å². The predicted molar refractivity (Wildman–Crippen MR) is 112 cm³/mol. The minimum atomic E-state index is -2.58. The van der Waals surface area contributed by atoms with Gasteiger partial charge in [-0.15, -0.1) is 11.3 Å². The second kappa shape index (κ2) is 8.42. The number of nitrogens with one attached hydrogen (secondary N) is 2. The fraction of sp³-hybridized carbons (Fsp3) is 0.727. The summed E-state index contributed by atoms with van der Waals surface area (Å²) in [6.07, 6.45) is 6.70. The van der Waals surface area contributed by atoms with Gasteiger partial charge in [-0.2, -0.15) is 0 Å². The summed E-state index contributed by atoms with van der Waals surface area (Å²) in [4.78, 5) is 13.7. The van der Waals surface area contributed by atoms with E-state index in [1.165, 1.54) is 4.88 Å². The first kappa shape index (κ1) is 20.9. The molecule has 0 aromatic carbocycles. The Morgan fingerprint density at radius 1 is 1.21 bits per heavy atom. The first-order valence-electron chi connectivity index (χ1n) is 10.9. The molecule has 3 saturated carbocycles.